The van der Waals surface area contributed by atoms with Gasteiger partial charge in [0.1, 0.15) is 122 Å². The number of carbonyl (C=O) groups excluding carboxylic acids is 1. The highest BCUT2D eigenvalue weighted by Gasteiger charge is 2.70. The zero-order valence-electron chi connectivity index (χ0n) is 49.1. The lowest BCUT2D eigenvalue weighted by atomic mass is 9.41. The predicted molar refractivity (Wildman–Crippen MR) is 285 cm³/mol. The van der Waals surface area contributed by atoms with Crippen LogP contribution in [0.5, 0.6) is 0 Å². The molecule has 0 aromatic rings. The lowest BCUT2D eigenvalue weighted by Gasteiger charge is -2.64. The summed E-state index contributed by atoms with van der Waals surface area (Å²) >= 11 is 0. The Morgan fingerprint density at radius 3 is 1.58 bits per heavy atom. The molecule has 0 radical (unpaired) electrons. The number of hydrogen-bond donors (Lipinski definition) is 19. The fourth-order valence-electron chi connectivity index (χ4n) is 15.9. The summed E-state index contributed by atoms with van der Waals surface area (Å²) in [6, 6.07) is 0. The van der Waals surface area contributed by atoms with Crippen LogP contribution in [-0.4, -0.2) is 327 Å². The van der Waals surface area contributed by atoms with Gasteiger partial charge in [-0.3, -0.25) is 4.79 Å². The maximum Gasteiger partial charge on any atom is 0.314 e. The number of carbonyl (C=O) groups is 1. The molecule has 4 saturated carbocycles. The number of aliphatic hydroxyl groups excluding tert-OH is 19. The SMILES string of the molecule is C=C1CC23CCC4C(C)(C(=O)OC5OC(CO)C(O)C(OC(CO)OC(CO)C(O)CO)C5OC5OC(CO)C(O)C(O)C5O)CCCC4(C)C2CCC1(OC1OC(CO)C(O)C(OC2OC(CO)C(O)C(O)C2O)C1OC1OC(C)C(O)C(O)C1O)C3. The fraction of sp³-hybridized carbons (Fsp3) is 0.946. The van der Waals surface area contributed by atoms with E-state index in [1.54, 1.807) is 6.92 Å². The van der Waals surface area contributed by atoms with Gasteiger partial charge >= 0.3 is 5.97 Å². The lowest BCUT2D eigenvalue weighted by Crippen LogP contribution is -2.67. The van der Waals surface area contributed by atoms with Crippen molar-refractivity contribution in [2.75, 3.05) is 46.2 Å². The van der Waals surface area contributed by atoms with Gasteiger partial charge in [-0.15, -0.1) is 0 Å². The molecule has 9 rings (SSSR count). The summed E-state index contributed by atoms with van der Waals surface area (Å²) in [4.78, 5) is 15.4. The molecular formula is C56H92O32. The molecule has 1 spiro atoms. The maximum absolute atomic E-state index is 15.4. The molecule has 32 nitrogen and oxygen atoms in total. The zero-order chi connectivity index (χ0) is 64.3. The summed E-state index contributed by atoms with van der Waals surface area (Å²) < 4.78 is 73.0. The van der Waals surface area contributed by atoms with Gasteiger partial charge < -0.3 is 154 Å². The second-order valence-corrected chi connectivity index (χ2v) is 25.9. The van der Waals surface area contributed by atoms with Crippen LogP contribution < -0.4 is 0 Å². The number of hydrogen-bond acceptors (Lipinski definition) is 32. The predicted octanol–water partition coefficient (Wildman–Crippen LogP) is -8.19. The van der Waals surface area contributed by atoms with E-state index in [0.717, 1.165) is 0 Å². The number of ether oxygens (including phenoxy) is 12. The summed E-state index contributed by atoms with van der Waals surface area (Å²) in [5.41, 5.74) is -3.08. The van der Waals surface area contributed by atoms with Crippen molar-refractivity contribution in [3.05, 3.63) is 12.2 Å². The Hall–Kier alpha value is -1.99. The molecule has 34 atom stereocenters. The standard InChI is InChI=1S/C56H92O32/c1-21-12-55-10-6-29-53(3,8-5-9-54(29,4)52(76)87-50-45(85-49-42(75)39(72)34(67)26(16-60)80-49)43(35(68)27(17-61)81-50)83-31(19-63)78-24(14-58)23(64)13-57)30(55)7-11-56(21,20-55)88-51-46(86-47-40(73)37(70)32(65)22(2)77-47)44(36(69)28(18-62)82-51)84-48-41(74)38(71)33(66)25(15-59)79-48/h22-51,57-75H,1,5-20H2,2-4H3. The van der Waals surface area contributed by atoms with Crippen LogP contribution in [0, 0.1) is 28.1 Å². The topological polar surface area (TPSA) is 512 Å². The quantitative estimate of drug-likeness (QED) is 0.0207. The van der Waals surface area contributed by atoms with E-state index < -0.39 is 252 Å². The molecule has 19 N–H and O–H groups in total. The summed E-state index contributed by atoms with van der Waals surface area (Å²) in [6.07, 6.45) is -45.6. The summed E-state index contributed by atoms with van der Waals surface area (Å²) in [5, 5.41) is 202. The molecule has 508 valence electrons. The molecular weight excluding hydrogens is 1180 g/mol. The van der Waals surface area contributed by atoms with Gasteiger partial charge in [-0.25, -0.2) is 0 Å². The van der Waals surface area contributed by atoms with Crippen LogP contribution in [0.3, 0.4) is 0 Å². The average Bonchev–Trinajstić information content (AvgIpc) is 1.50. The van der Waals surface area contributed by atoms with Gasteiger partial charge in [-0.05, 0) is 93.5 Å². The van der Waals surface area contributed by atoms with Crippen molar-refractivity contribution in [1.29, 1.82) is 0 Å². The van der Waals surface area contributed by atoms with Crippen LogP contribution in [-0.2, 0) is 61.6 Å². The average molecular weight is 1280 g/mol. The van der Waals surface area contributed by atoms with Gasteiger partial charge in [0.15, 0.2) is 37.6 Å². The monoisotopic (exact) mass is 1280 g/mol. The smallest absolute Gasteiger partial charge is 0.314 e. The van der Waals surface area contributed by atoms with E-state index >= 15 is 4.79 Å². The molecule has 0 amide bonds. The van der Waals surface area contributed by atoms with E-state index in [0.29, 0.717) is 50.5 Å². The Morgan fingerprint density at radius 2 is 1.03 bits per heavy atom. The molecule has 4 aliphatic carbocycles. The molecule has 5 heterocycles. The number of esters is 1. The Bertz CT molecular complexity index is 2310. The van der Waals surface area contributed by atoms with Gasteiger partial charge in [0.25, 0.3) is 0 Å². The van der Waals surface area contributed by atoms with Crippen LogP contribution in [0.4, 0.5) is 0 Å². The van der Waals surface area contributed by atoms with Gasteiger partial charge in [0, 0.05) is 0 Å². The summed E-state index contributed by atoms with van der Waals surface area (Å²) in [5.74, 6) is -1.36. The van der Waals surface area contributed by atoms with E-state index in [1.807, 2.05) is 0 Å². The first kappa shape index (κ1) is 70.3. The Balaban J connectivity index is 0.986. The third-order valence-corrected chi connectivity index (χ3v) is 20.7. The summed E-state index contributed by atoms with van der Waals surface area (Å²) in [7, 11) is 0. The molecule has 88 heavy (non-hydrogen) atoms. The van der Waals surface area contributed by atoms with E-state index in [4.69, 9.17) is 56.8 Å². The molecule has 5 saturated heterocycles. The molecule has 0 aromatic carbocycles. The van der Waals surface area contributed by atoms with Crippen molar-refractivity contribution in [3.63, 3.8) is 0 Å². The molecule has 9 aliphatic rings. The zero-order valence-corrected chi connectivity index (χ0v) is 49.1. The molecule has 5 aliphatic heterocycles. The molecule has 32 heteroatoms. The van der Waals surface area contributed by atoms with Crippen molar-refractivity contribution in [2.45, 2.75) is 256 Å². The highest BCUT2D eigenvalue weighted by Crippen LogP contribution is 2.74. The van der Waals surface area contributed by atoms with E-state index in [9.17, 15) is 97.0 Å². The van der Waals surface area contributed by atoms with E-state index in [1.165, 1.54) is 6.92 Å². The van der Waals surface area contributed by atoms with Gasteiger partial charge in [0.05, 0.1) is 63.4 Å². The lowest BCUT2D eigenvalue weighted by molar-refractivity contribution is -0.398. The normalized spacial score (nSPS) is 50.8. The van der Waals surface area contributed by atoms with Gasteiger partial charge in [-0.1, -0.05) is 19.9 Å². The molecule has 2 bridgehead atoms. The first-order chi connectivity index (χ1) is 41.6. The van der Waals surface area contributed by atoms with Crippen molar-refractivity contribution in [2.24, 2.45) is 28.1 Å². The van der Waals surface area contributed by atoms with Crippen molar-refractivity contribution >= 4 is 5.97 Å². The number of fused-ring (bicyclic) bond motifs is 3. The van der Waals surface area contributed by atoms with Crippen LogP contribution in [0.25, 0.3) is 0 Å². The fourth-order valence-corrected chi connectivity index (χ4v) is 15.9. The minimum absolute atomic E-state index is 0.127. The highest BCUT2D eigenvalue weighted by molar-refractivity contribution is 5.77. The van der Waals surface area contributed by atoms with E-state index in [-0.39, 0.29) is 18.8 Å². The van der Waals surface area contributed by atoms with Gasteiger partial charge in [-0.2, -0.15) is 0 Å². The maximum atomic E-state index is 15.4. The second-order valence-electron chi connectivity index (χ2n) is 25.9. The largest absolute Gasteiger partial charge is 0.432 e. The molecule has 34 unspecified atom stereocenters. The van der Waals surface area contributed by atoms with Crippen LogP contribution in [0.1, 0.15) is 78.6 Å². The Labute approximate surface area is 506 Å². The van der Waals surface area contributed by atoms with E-state index in [2.05, 4.69) is 13.5 Å². The minimum Gasteiger partial charge on any atom is -0.432 e. The second kappa shape index (κ2) is 28.1. The Morgan fingerprint density at radius 1 is 0.545 bits per heavy atom. The third-order valence-electron chi connectivity index (χ3n) is 20.7. The van der Waals surface area contributed by atoms with Crippen LogP contribution in [0.2, 0.25) is 0 Å². The van der Waals surface area contributed by atoms with Crippen molar-refractivity contribution in [3.8, 4) is 0 Å². The number of aliphatic hydroxyl groups is 19. The molecule has 0 aromatic heterocycles. The highest BCUT2D eigenvalue weighted by atomic mass is 16.8. The molecule has 9 fully saturated rings. The minimum atomic E-state index is -2.06. The van der Waals surface area contributed by atoms with Crippen molar-refractivity contribution in [1.82, 2.24) is 0 Å². The Kier molecular flexibility index (Phi) is 22.5. The first-order valence-electron chi connectivity index (χ1n) is 30.2. The first-order valence-corrected chi connectivity index (χ1v) is 30.2. The number of rotatable bonds is 22. The van der Waals surface area contributed by atoms with Crippen molar-refractivity contribution < 1.29 is 159 Å². The van der Waals surface area contributed by atoms with Crippen LogP contribution >= 0.6 is 0 Å². The third kappa shape index (κ3) is 12.9. The summed E-state index contributed by atoms with van der Waals surface area (Å²) in [6.45, 7) is 3.51. The van der Waals surface area contributed by atoms with Crippen LogP contribution in [0.15, 0.2) is 12.2 Å². The van der Waals surface area contributed by atoms with Gasteiger partial charge in [0.2, 0.25) is 6.29 Å².